The Balaban J connectivity index is 1.70. The molecule has 1 saturated heterocycles. The highest BCUT2D eigenvalue weighted by Gasteiger charge is 2.27. The van der Waals surface area contributed by atoms with Crippen molar-refractivity contribution in [3.8, 4) is 5.75 Å². The van der Waals surface area contributed by atoms with Crippen LogP contribution in [-0.4, -0.2) is 38.8 Å². The van der Waals surface area contributed by atoms with E-state index in [2.05, 4.69) is 34.8 Å². The smallest absolute Gasteiger partial charge is 0.255 e. The summed E-state index contributed by atoms with van der Waals surface area (Å²) < 4.78 is 33.1. The molecule has 3 rings (SSSR count). The van der Waals surface area contributed by atoms with Gasteiger partial charge in [0.25, 0.3) is 5.91 Å². The van der Waals surface area contributed by atoms with E-state index >= 15 is 0 Å². The van der Waals surface area contributed by atoms with Gasteiger partial charge in [-0.3, -0.25) is 4.79 Å². The lowest BCUT2D eigenvalue weighted by Gasteiger charge is -2.29. The summed E-state index contributed by atoms with van der Waals surface area (Å²) in [5, 5.41) is 2.80. The summed E-state index contributed by atoms with van der Waals surface area (Å²) in [5.41, 5.74) is 1.05. The number of benzene rings is 2. The third-order valence-electron chi connectivity index (χ3n) is 4.91. The Labute approximate surface area is 179 Å². The van der Waals surface area contributed by atoms with Crippen molar-refractivity contribution in [2.45, 2.75) is 24.7 Å². The van der Waals surface area contributed by atoms with E-state index in [1.807, 2.05) is 0 Å². The van der Waals surface area contributed by atoms with E-state index in [0.717, 1.165) is 16.4 Å². The Bertz CT molecular complexity index is 953. The molecule has 1 N–H and O–H groups in total. The molecule has 0 aliphatic carbocycles. The molecule has 1 aliphatic heterocycles. The fourth-order valence-electron chi connectivity index (χ4n) is 3.10. The van der Waals surface area contributed by atoms with Crippen LogP contribution in [-0.2, 0) is 10.0 Å². The van der Waals surface area contributed by atoms with Gasteiger partial charge in [0, 0.05) is 24.3 Å². The van der Waals surface area contributed by atoms with Crippen LogP contribution < -0.4 is 10.1 Å². The van der Waals surface area contributed by atoms with Gasteiger partial charge in [0.2, 0.25) is 10.0 Å². The maximum atomic E-state index is 12.8. The van der Waals surface area contributed by atoms with Crippen LogP contribution in [0.3, 0.4) is 0 Å². The number of hydrogen-bond donors (Lipinski definition) is 1. The maximum Gasteiger partial charge on any atom is 0.255 e. The van der Waals surface area contributed by atoms with Crippen molar-refractivity contribution in [1.82, 2.24) is 4.31 Å². The van der Waals surface area contributed by atoms with Crippen LogP contribution >= 0.6 is 22.6 Å². The molecule has 0 atom stereocenters. The lowest BCUT2D eigenvalue weighted by atomic mass is 10.0. The van der Waals surface area contributed by atoms with E-state index in [4.69, 9.17) is 4.74 Å². The molecule has 0 radical (unpaired) electrons. The second kappa shape index (κ2) is 8.79. The van der Waals surface area contributed by atoms with Crippen molar-refractivity contribution in [2.75, 3.05) is 25.5 Å². The number of anilines is 1. The van der Waals surface area contributed by atoms with Gasteiger partial charge in [-0.15, -0.1) is 0 Å². The van der Waals surface area contributed by atoms with Crippen LogP contribution in [0.5, 0.6) is 5.75 Å². The van der Waals surface area contributed by atoms with E-state index in [0.29, 0.717) is 36.0 Å². The minimum Gasteiger partial charge on any atom is -0.496 e. The molecule has 1 aliphatic rings. The number of rotatable bonds is 5. The zero-order valence-electron chi connectivity index (χ0n) is 15.8. The normalized spacial score (nSPS) is 16.0. The highest BCUT2D eigenvalue weighted by Crippen LogP contribution is 2.25. The first-order valence-electron chi connectivity index (χ1n) is 9.06. The molecule has 0 aromatic heterocycles. The minimum atomic E-state index is -3.49. The third-order valence-corrected chi connectivity index (χ3v) is 7.66. The van der Waals surface area contributed by atoms with Gasteiger partial charge in [-0.25, -0.2) is 8.42 Å². The fourth-order valence-corrected chi connectivity index (χ4v) is 5.30. The van der Waals surface area contributed by atoms with Crippen LogP contribution in [0.2, 0.25) is 0 Å². The van der Waals surface area contributed by atoms with E-state index in [1.54, 1.807) is 53.9 Å². The Morgan fingerprint density at radius 1 is 1.14 bits per heavy atom. The standard InChI is InChI=1S/C20H23IN2O4S/c1-14-9-11-23(12-10-14)28(25,26)17-6-4-16(5-7-17)22-20(24)15-3-8-19(27-2)18(21)13-15/h3-8,13-14H,9-12H2,1-2H3,(H,22,24). The monoisotopic (exact) mass is 514 g/mol. The average Bonchev–Trinajstić information content (AvgIpc) is 2.68. The number of amides is 1. The molecular formula is C20H23IN2O4S. The molecule has 1 fully saturated rings. The number of halogens is 1. The predicted octanol–water partition coefficient (Wildman–Crippen LogP) is 3.97. The van der Waals surface area contributed by atoms with Crippen molar-refractivity contribution in [1.29, 1.82) is 0 Å². The van der Waals surface area contributed by atoms with Gasteiger partial charge in [-0.1, -0.05) is 6.92 Å². The Kier molecular flexibility index (Phi) is 6.61. The highest BCUT2D eigenvalue weighted by molar-refractivity contribution is 14.1. The molecule has 8 heteroatoms. The van der Waals surface area contributed by atoms with Gasteiger partial charge in [0.05, 0.1) is 15.6 Å². The van der Waals surface area contributed by atoms with Crippen LogP contribution in [0.25, 0.3) is 0 Å². The van der Waals surface area contributed by atoms with Crippen LogP contribution in [0.4, 0.5) is 5.69 Å². The summed E-state index contributed by atoms with van der Waals surface area (Å²) in [7, 11) is -1.91. The summed E-state index contributed by atoms with van der Waals surface area (Å²) >= 11 is 2.11. The number of carbonyl (C=O) groups excluding carboxylic acids is 1. The Hall–Kier alpha value is -1.65. The first-order chi connectivity index (χ1) is 13.3. The summed E-state index contributed by atoms with van der Waals surface area (Å²) in [6.07, 6.45) is 1.77. The van der Waals surface area contributed by atoms with E-state index < -0.39 is 10.0 Å². The molecule has 0 saturated carbocycles. The molecule has 0 bridgehead atoms. The molecule has 2 aromatic carbocycles. The first kappa shape index (κ1) is 21.1. The molecule has 0 unspecified atom stereocenters. The lowest BCUT2D eigenvalue weighted by Crippen LogP contribution is -2.37. The number of carbonyl (C=O) groups is 1. The maximum absolute atomic E-state index is 12.8. The Morgan fingerprint density at radius 2 is 1.79 bits per heavy atom. The number of nitrogens with one attached hydrogen (secondary N) is 1. The highest BCUT2D eigenvalue weighted by atomic mass is 127. The molecular weight excluding hydrogens is 491 g/mol. The molecule has 28 heavy (non-hydrogen) atoms. The molecule has 1 amide bonds. The molecule has 2 aromatic rings. The number of hydrogen-bond acceptors (Lipinski definition) is 4. The number of nitrogens with zero attached hydrogens (tertiary/aromatic N) is 1. The van der Waals surface area contributed by atoms with E-state index in [-0.39, 0.29) is 10.8 Å². The van der Waals surface area contributed by atoms with Gasteiger partial charge in [-0.2, -0.15) is 4.31 Å². The summed E-state index contributed by atoms with van der Waals surface area (Å²) in [6, 6.07) is 11.5. The van der Waals surface area contributed by atoms with Crippen molar-refractivity contribution in [3.63, 3.8) is 0 Å². The number of ether oxygens (including phenoxy) is 1. The quantitative estimate of drug-likeness (QED) is 0.613. The summed E-state index contributed by atoms with van der Waals surface area (Å²) in [4.78, 5) is 12.7. The Morgan fingerprint density at radius 3 is 2.36 bits per heavy atom. The summed E-state index contributed by atoms with van der Waals surface area (Å²) in [5.74, 6) is 1.00. The third kappa shape index (κ3) is 4.66. The van der Waals surface area contributed by atoms with Crippen LogP contribution in [0.15, 0.2) is 47.4 Å². The molecule has 6 nitrogen and oxygen atoms in total. The van der Waals surface area contributed by atoms with Gasteiger partial charge >= 0.3 is 0 Å². The zero-order chi connectivity index (χ0) is 20.3. The fraction of sp³-hybridized carbons (Fsp3) is 0.350. The number of sulfonamides is 1. The lowest BCUT2D eigenvalue weighted by molar-refractivity contribution is 0.102. The molecule has 1 heterocycles. The molecule has 0 spiro atoms. The number of piperidine rings is 1. The van der Waals surface area contributed by atoms with Crippen molar-refractivity contribution >= 4 is 44.2 Å². The predicted molar refractivity (Wildman–Crippen MR) is 117 cm³/mol. The van der Waals surface area contributed by atoms with Gasteiger partial charge < -0.3 is 10.1 Å². The summed E-state index contributed by atoms with van der Waals surface area (Å²) in [6.45, 7) is 3.25. The van der Waals surface area contributed by atoms with Crippen LogP contribution in [0.1, 0.15) is 30.1 Å². The van der Waals surface area contributed by atoms with Crippen molar-refractivity contribution < 1.29 is 17.9 Å². The second-order valence-electron chi connectivity index (χ2n) is 6.91. The molecule has 150 valence electrons. The topological polar surface area (TPSA) is 75.7 Å². The average molecular weight is 514 g/mol. The van der Waals surface area contributed by atoms with Gasteiger partial charge in [-0.05, 0) is 83.8 Å². The second-order valence-corrected chi connectivity index (χ2v) is 10.0. The van der Waals surface area contributed by atoms with Crippen molar-refractivity contribution in [3.05, 3.63) is 51.6 Å². The zero-order valence-corrected chi connectivity index (χ0v) is 18.8. The number of methoxy groups -OCH3 is 1. The van der Waals surface area contributed by atoms with Crippen LogP contribution in [0, 0.1) is 9.49 Å². The minimum absolute atomic E-state index is 0.249. The van der Waals surface area contributed by atoms with Gasteiger partial charge in [0.1, 0.15) is 5.75 Å². The van der Waals surface area contributed by atoms with Crippen molar-refractivity contribution in [2.24, 2.45) is 5.92 Å². The van der Waals surface area contributed by atoms with E-state index in [9.17, 15) is 13.2 Å². The van der Waals surface area contributed by atoms with Gasteiger partial charge in [0.15, 0.2) is 0 Å². The largest absolute Gasteiger partial charge is 0.496 e. The van der Waals surface area contributed by atoms with E-state index in [1.165, 1.54) is 0 Å². The SMILES string of the molecule is COc1ccc(C(=O)Nc2ccc(S(=O)(=O)N3CCC(C)CC3)cc2)cc1I. The first-order valence-corrected chi connectivity index (χ1v) is 11.6.